The summed E-state index contributed by atoms with van der Waals surface area (Å²) >= 11 is 0. The van der Waals surface area contributed by atoms with Gasteiger partial charge < -0.3 is 10.2 Å². The van der Waals surface area contributed by atoms with Crippen LogP contribution in [0.15, 0.2) is 54.6 Å². The van der Waals surface area contributed by atoms with E-state index in [1.54, 1.807) is 32.0 Å². The lowest BCUT2D eigenvalue weighted by molar-refractivity contribution is -0.122. The predicted molar refractivity (Wildman–Crippen MR) is 115 cm³/mol. The number of carbonyl (C=O) groups excluding carboxylic acids is 2. The largest absolute Gasteiger partial charge is 0.348 e. The topological polar surface area (TPSA) is 49.4 Å². The third kappa shape index (κ3) is 4.20. The van der Waals surface area contributed by atoms with Gasteiger partial charge in [-0.05, 0) is 49.2 Å². The maximum atomic E-state index is 13.9. The second-order valence-corrected chi connectivity index (χ2v) is 8.41. The van der Waals surface area contributed by atoms with Gasteiger partial charge in [-0.2, -0.15) is 0 Å². The number of hydrogen-bond donors (Lipinski definition) is 1. The third-order valence-corrected chi connectivity index (χ3v) is 5.77. The van der Waals surface area contributed by atoms with Crippen molar-refractivity contribution in [2.45, 2.75) is 32.4 Å². The number of anilines is 1. The second-order valence-electron chi connectivity index (χ2n) is 8.41. The molecule has 0 aliphatic carbocycles. The molecular formula is C25H20F4N2O2. The standard InChI is InChI=1S/C25H20F4N2O2/c1-25(2)19-7-6-15(23(32)30-12-18-20(28)10-17(27)11-21(18)29)9-22(19)31(24(25)33)13-14-4-3-5-16(26)8-14/h3-11H,12-13H2,1-2H3,(H,30,32). The molecule has 8 heteroatoms. The zero-order chi connectivity index (χ0) is 23.9. The highest BCUT2D eigenvalue weighted by atomic mass is 19.1. The van der Waals surface area contributed by atoms with E-state index in [2.05, 4.69) is 5.32 Å². The highest BCUT2D eigenvalue weighted by molar-refractivity contribution is 6.08. The lowest BCUT2D eigenvalue weighted by atomic mass is 9.86. The lowest BCUT2D eigenvalue weighted by Gasteiger charge is -2.20. The number of nitrogens with one attached hydrogen (secondary N) is 1. The first-order chi connectivity index (χ1) is 15.6. The van der Waals surface area contributed by atoms with Crippen LogP contribution in [0.1, 0.15) is 40.9 Å². The molecule has 0 atom stereocenters. The van der Waals surface area contributed by atoms with E-state index in [0.717, 1.165) is 0 Å². The molecule has 0 saturated heterocycles. The fourth-order valence-electron chi connectivity index (χ4n) is 3.97. The molecule has 1 N–H and O–H groups in total. The second kappa shape index (κ2) is 8.35. The number of halogens is 4. The van der Waals surface area contributed by atoms with Gasteiger partial charge in [-0.3, -0.25) is 9.59 Å². The van der Waals surface area contributed by atoms with Crippen LogP contribution in [0.2, 0.25) is 0 Å². The summed E-state index contributed by atoms with van der Waals surface area (Å²) in [5.41, 5.74) is 0.653. The molecule has 1 aliphatic rings. The molecule has 0 saturated carbocycles. The van der Waals surface area contributed by atoms with Crippen LogP contribution in [0.4, 0.5) is 23.2 Å². The molecule has 1 aliphatic heterocycles. The molecule has 170 valence electrons. The molecule has 33 heavy (non-hydrogen) atoms. The van der Waals surface area contributed by atoms with Gasteiger partial charge in [0.05, 0.1) is 12.0 Å². The summed E-state index contributed by atoms with van der Waals surface area (Å²) in [5.74, 6) is -4.50. The van der Waals surface area contributed by atoms with Crippen LogP contribution in [0.5, 0.6) is 0 Å². The fourth-order valence-corrected chi connectivity index (χ4v) is 3.97. The summed E-state index contributed by atoms with van der Waals surface area (Å²) in [5, 5.41) is 2.42. The van der Waals surface area contributed by atoms with Gasteiger partial charge >= 0.3 is 0 Å². The van der Waals surface area contributed by atoms with Gasteiger partial charge in [0.25, 0.3) is 5.91 Å². The average Bonchev–Trinajstić information content (AvgIpc) is 2.93. The van der Waals surface area contributed by atoms with Gasteiger partial charge in [0.15, 0.2) is 0 Å². The van der Waals surface area contributed by atoms with Crippen LogP contribution in [0, 0.1) is 23.3 Å². The highest BCUT2D eigenvalue weighted by Crippen LogP contribution is 2.42. The molecule has 0 radical (unpaired) electrons. The van der Waals surface area contributed by atoms with Crippen molar-refractivity contribution in [2.75, 3.05) is 4.90 Å². The Morgan fingerprint density at radius 3 is 2.30 bits per heavy atom. The Kier molecular flexibility index (Phi) is 5.69. The van der Waals surface area contributed by atoms with E-state index in [-0.39, 0.29) is 18.0 Å². The molecule has 3 aromatic rings. The normalized spacial score (nSPS) is 14.4. The SMILES string of the molecule is CC1(C)C(=O)N(Cc2cccc(F)c2)c2cc(C(=O)NCc3c(F)cc(F)cc3F)ccc21. The molecule has 0 fully saturated rings. The summed E-state index contributed by atoms with van der Waals surface area (Å²) < 4.78 is 54.4. The quantitative estimate of drug-likeness (QED) is 0.550. The Morgan fingerprint density at radius 1 is 0.939 bits per heavy atom. The lowest BCUT2D eigenvalue weighted by Crippen LogP contribution is -2.35. The van der Waals surface area contributed by atoms with Gasteiger partial charge in [0.1, 0.15) is 23.3 Å². The summed E-state index contributed by atoms with van der Waals surface area (Å²) in [4.78, 5) is 27.2. The Balaban J connectivity index is 1.60. The van der Waals surface area contributed by atoms with E-state index >= 15 is 0 Å². The molecule has 0 aromatic heterocycles. The van der Waals surface area contributed by atoms with Gasteiger partial charge in [0.2, 0.25) is 5.91 Å². The molecular weight excluding hydrogens is 436 g/mol. The summed E-state index contributed by atoms with van der Waals surface area (Å²) in [7, 11) is 0. The average molecular weight is 456 g/mol. The minimum Gasteiger partial charge on any atom is -0.348 e. The van der Waals surface area contributed by atoms with E-state index in [1.165, 1.54) is 29.2 Å². The number of hydrogen-bond acceptors (Lipinski definition) is 2. The number of fused-ring (bicyclic) bond motifs is 1. The summed E-state index contributed by atoms with van der Waals surface area (Å²) in [6.07, 6.45) is 0. The van der Waals surface area contributed by atoms with E-state index in [9.17, 15) is 27.2 Å². The predicted octanol–water partition coefficient (Wildman–Crippen LogP) is 5.00. The molecule has 4 nitrogen and oxygen atoms in total. The number of amides is 2. The zero-order valence-corrected chi connectivity index (χ0v) is 17.9. The summed E-state index contributed by atoms with van der Waals surface area (Å²) in [6.45, 7) is 3.16. The van der Waals surface area contributed by atoms with E-state index in [4.69, 9.17) is 0 Å². The van der Waals surface area contributed by atoms with Crippen molar-refractivity contribution < 1.29 is 27.2 Å². The molecule has 3 aromatic carbocycles. The first-order valence-electron chi connectivity index (χ1n) is 10.2. The molecule has 0 unspecified atom stereocenters. The third-order valence-electron chi connectivity index (χ3n) is 5.77. The molecule has 4 rings (SSSR count). The monoisotopic (exact) mass is 456 g/mol. The Labute approximate surface area is 187 Å². The van der Waals surface area contributed by atoms with Crippen molar-refractivity contribution in [1.82, 2.24) is 5.32 Å². The van der Waals surface area contributed by atoms with Gasteiger partial charge in [-0.1, -0.05) is 18.2 Å². The number of benzene rings is 3. The van der Waals surface area contributed by atoms with Crippen molar-refractivity contribution in [1.29, 1.82) is 0 Å². The van der Waals surface area contributed by atoms with Gasteiger partial charge in [0, 0.05) is 35.5 Å². The molecule has 2 amide bonds. The van der Waals surface area contributed by atoms with Crippen molar-refractivity contribution in [3.8, 4) is 0 Å². The van der Waals surface area contributed by atoms with Crippen LogP contribution < -0.4 is 10.2 Å². The van der Waals surface area contributed by atoms with E-state index in [0.29, 0.717) is 28.9 Å². The Morgan fingerprint density at radius 2 is 1.64 bits per heavy atom. The Bertz CT molecular complexity index is 1250. The fraction of sp³-hybridized carbons (Fsp3) is 0.200. The molecule has 0 bridgehead atoms. The molecule has 1 heterocycles. The number of carbonyl (C=O) groups is 2. The smallest absolute Gasteiger partial charge is 0.251 e. The maximum Gasteiger partial charge on any atom is 0.251 e. The van der Waals surface area contributed by atoms with Crippen molar-refractivity contribution in [3.63, 3.8) is 0 Å². The zero-order valence-electron chi connectivity index (χ0n) is 17.9. The van der Waals surface area contributed by atoms with E-state index in [1.807, 2.05) is 0 Å². The van der Waals surface area contributed by atoms with Crippen LogP contribution >= 0.6 is 0 Å². The van der Waals surface area contributed by atoms with Crippen LogP contribution in [0.3, 0.4) is 0 Å². The van der Waals surface area contributed by atoms with Crippen molar-refractivity contribution in [3.05, 3.63) is 100 Å². The first kappa shape index (κ1) is 22.5. The Hall–Kier alpha value is -3.68. The van der Waals surface area contributed by atoms with Crippen molar-refractivity contribution in [2.24, 2.45) is 0 Å². The van der Waals surface area contributed by atoms with Crippen LogP contribution in [0.25, 0.3) is 0 Å². The number of rotatable bonds is 5. The maximum absolute atomic E-state index is 13.9. The van der Waals surface area contributed by atoms with Crippen LogP contribution in [-0.4, -0.2) is 11.8 Å². The first-order valence-corrected chi connectivity index (χ1v) is 10.2. The summed E-state index contributed by atoms with van der Waals surface area (Å²) in [6, 6.07) is 11.7. The van der Waals surface area contributed by atoms with E-state index < -0.39 is 46.7 Å². The van der Waals surface area contributed by atoms with Crippen LogP contribution in [-0.2, 0) is 23.3 Å². The minimum atomic E-state index is -1.10. The number of nitrogens with zero attached hydrogens (tertiary/aromatic N) is 1. The minimum absolute atomic E-state index is 0.115. The molecule has 0 spiro atoms. The highest BCUT2D eigenvalue weighted by Gasteiger charge is 2.44. The van der Waals surface area contributed by atoms with Gasteiger partial charge in [-0.25, -0.2) is 17.6 Å². The van der Waals surface area contributed by atoms with Crippen molar-refractivity contribution >= 4 is 17.5 Å². The van der Waals surface area contributed by atoms with Gasteiger partial charge in [-0.15, -0.1) is 0 Å².